The fraction of sp³-hybridized carbons (Fsp3) is 0.667. The molecule has 0 saturated heterocycles. The normalized spacial score (nSPS) is 17.8. The smallest absolute Gasteiger partial charge is 0.293 e. The van der Waals surface area contributed by atoms with E-state index in [2.05, 4.69) is 13.2 Å². The van der Waals surface area contributed by atoms with Crippen LogP contribution in [0.1, 0.15) is 32.1 Å². The van der Waals surface area contributed by atoms with Gasteiger partial charge in [0.2, 0.25) is 0 Å². The van der Waals surface area contributed by atoms with Crippen molar-refractivity contribution in [1.82, 2.24) is 0 Å². The van der Waals surface area contributed by atoms with Gasteiger partial charge in [0.1, 0.15) is 6.10 Å². The minimum Gasteiger partial charge on any atom is -0.465 e. The molecular formula is C9H16O2. The molecule has 0 aliphatic heterocycles. The largest absolute Gasteiger partial charge is 0.465 e. The van der Waals surface area contributed by atoms with Crippen molar-refractivity contribution in [3.8, 4) is 0 Å². The minimum atomic E-state index is 0.233. The van der Waals surface area contributed by atoms with E-state index in [0.29, 0.717) is 6.47 Å². The topological polar surface area (TPSA) is 26.3 Å². The lowest BCUT2D eigenvalue weighted by molar-refractivity contribution is -0.134. The summed E-state index contributed by atoms with van der Waals surface area (Å²) >= 11 is 0. The molecule has 1 aliphatic carbocycles. The fourth-order valence-electron chi connectivity index (χ4n) is 1.28. The average Bonchev–Trinajstić information content (AvgIpc) is 2.11. The van der Waals surface area contributed by atoms with Crippen LogP contribution in [-0.2, 0) is 9.53 Å². The van der Waals surface area contributed by atoms with Crippen LogP contribution in [0.5, 0.6) is 0 Å². The summed E-state index contributed by atoms with van der Waals surface area (Å²) in [5.41, 5.74) is 0. The molecule has 1 aliphatic rings. The first kappa shape index (κ1) is 10.2. The Morgan fingerprint density at radius 3 is 2.18 bits per heavy atom. The fourth-order valence-corrected chi connectivity index (χ4v) is 1.28. The third-order valence-electron chi connectivity index (χ3n) is 1.80. The molecular weight excluding hydrogens is 140 g/mol. The second kappa shape index (κ2) is 7.32. The Labute approximate surface area is 68.2 Å². The van der Waals surface area contributed by atoms with Gasteiger partial charge in [0.15, 0.2) is 0 Å². The Morgan fingerprint density at radius 1 is 1.18 bits per heavy atom. The first-order valence-corrected chi connectivity index (χ1v) is 4.02. The zero-order chi connectivity index (χ0) is 8.53. The van der Waals surface area contributed by atoms with E-state index in [0.717, 1.165) is 12.8 Å². The van der Waals surface area contributed by atoms with Gasteiger partial charge in [0.05, 0.1) is 0 Å². The summed E-state index contributed by atoms with van der Waals surface area (Å²) in [4.78, 5) is 9.85. The molecule has 11 heavy (non-hydrogen) atoms. The van der Waals surface area contributed by atoms with Crippen molar-refractivity contribution in [3.05, 3.63) is 13.2 Å². The lowest BCUT2D eigenvalue weighted by atomic mass is 9.98. The molecule has 1 saturated carbocycles. The lowest BCUT2D eigenvalue weighted by Crippen LogP contribution is -2.15. The summed E-state index contributed by atoms with van der Waals surface area (Å²) in [6.07, 6.45) is 6.11. The van der Waals surface area contributed by atoms with E-state index in [-0.39, 0.29) is 6.10 Å². The molecule has 2 heteroatoms. The van der Waals surface area contributed by atoms with Gasteiger partial charge < -0.3 is 4.74 Å². The maximum atomic E-state index is 9.85. The predicted molar refractivity (Wildman–Crippen MR) is 45.3 cm³/mol. The van der Waals surface area contributed by atoms with Gasteiger partial charge in [-0.3, -0.25) is 4.79 Å². The molecule has 0 unspecified atom stereocenters. The highest BCUT2D eigenvalue weighted by Gasteiger charge is 2.12. The van der Waals surface area contributed by atoms with Crippen molar-refractivity contribution in [3.63, 3.8) is 0 Å². The van der Waals surface area contributed by atoms with Crippen LogP contribution in [0.2, 0.25) is 0 Å². The minimum absolute atomic E-state index is 0.233. The SMILES string of the molecule is C=C.O=COC1CCCCC1. The highest BCUT2D eigenvalue weighted by Crippen LogP contribution is 2.19. The quantitative estimate of drug-likeness (QED) is 0.453. The van der Waals surface area contributed by atoms with Crippen LogP contribution in [0, 0.1) is 0 Å². The van der Waals surface area contributed by atoms with E-state index < -0.39 is 0 Å². The Kier molecular flexibility index (Phi) is 6.79. The number of carbonyl (C=O) groups excluding carboxylic acids is 1. The molecule has 0 spiro atoms. The Hall–Kier alpha value is -0.790. The molecule has 0 heterocycles. The summed E-state index contributed by atoms with van der Waals surface area (Å²) in [5.74, 6) is 0. The van der Waals surface area contributed by atoms with Gasteiger partial charge in [-0.05, 0) is 25.7 Å². The molecule has 2 nitrogen and oxygen atoms in total. The summed E-state index contributed by atoms with van der Waals surface area (Å²) < 4.78 is 4.80. The Balaban J connectivity index is 0.000000461. The highest BCUT2D eigenvalue weighted by atomic mass is 16.5. The third-order valence-corrected chi connectivity index (χ3v) is 1.80. The molecule has 0 atom stereocenters. The van der Waals surface area contributed by atoms with Gasteiger partial charge in [-0.15, -0.1) is 13.2 Å². The molecule has 1 fully saturated rings. The van der Waals surface area contributed by atoms with E-state index in [1.54, 1.807) is 0 Å². The molecule has 0 N–H and O–H groups in total. The Bertz CT molecular complexity index is 95.7. The van der Waals surface area contributed by atoms with Crippen molar-refractivity contribution < 1.29 is 9.53 Å². The maximum Gasteiger partial charge on any atom is 0.293 e. The number of rotatable bonds is 2. The van der Waals surface area contributed by atoms with Crippen LogP contribution in [0.15, 0.2) is 13.2 Å². The van der Waals surface area contributed by atoms with Crippen LogP contribution in [-0.4, -0.2) is 12.6 Å². The van der Waals surface area contributed by atoms with Crippen LogP contribution >= 0.6 is 0 Å². The molecule has 0 bridgehead atoms. The van der Waals surface area contributed by atoms with Gasteiger partial charge in [-0.1, -0.05) is 6.42 Å². The second-order valence-electron chi connectivity index (χ2n) is 2.49. The van der Waals surface area contributed by atoms with Crippen LogP contribution in [0.4, 0.5) is 0 Å². The zero-order valence-electron chi connectivity index (χ0n) is 6.92. The van der Waals surface area contributed by atoms with Crippen molar-refractivity contribution in [2.45, 2.75) is 38.2 Å². The van der Waals surface area contributed by atoms with Gasteiger partial charge in [-0.25, -0.2) is 0 Å². The summed E-state index contributed by atoms with van der Waals surface area (Å²) in [6.45, 7) is 6.57. The molecule has 0 aromatic heterocycles. The molecule has 1 rings (SSSR count). The lowest BCUT2D eigenvalue weighted by Gasteiger charge is -2.18. The van der Waals surface area contributed by atoms with Crippen molar-refractivity contribution in [2.24, 2.45) is 0 Å². The molecule has 0 aromatic carbocycles. The van der Waals surface area contributed by atoms with Crippen molar-refractivity contribution in [2.75, 3.05) is 0 Å². The van der Waals surface area contributed by atoms with Crippen molar-refractivity contribution in [1.29, 1.82) is 0 Å². The molecule has 0 radical (unpaired) electrons. The number of hydrogen-bond donors (Lipinski definition) is 0. The van der Waals surface area contributed by atoms with E-state index in [1.165, 1.54) is 19.3 Å². The maximum absolute atomic E-state index is 9.85. The zero-order valence-corrected chi connectivity index (χ0v) is 6.92. The van der Waals surface area contributed by atoms with E-state index in [1.807, 2.05) is 0 Å². The second-order valence-corrected chi connectivity index (χ2v) is 2.49. The number of hydrogen-bond acceptors (Lipinski definition) is 2. The van der Waals surface area contributed by atoms with Gasteiger partial charge in [-0.2, -0.15) is 0 Å². The molecule has 0 amide bonds. The van der Waals surface area contributed by atoms with E-state index >= 15 is 0 Å². The van der Waals surface area contributed by atoms with E-state index in [4.69, 9.17) is 4.74 Å². The molecule has 0 aromatic rings. The van der Waals surface area contributed by atoms with Gasteiger partial charge in [0.25, 0.3) is 6.47 Å². The summed E-state index contributed by atoms with van der Waals surface area (Å²) in [7, 11) is 0. The molecule has 64 valence electrons. The third kappa shape index (κ3) is 4.59. The van der Waals surface area contributed by atoms with Crippen LogP contribution < -0.4 is 0 Å². The van der Waals surface area contributed by atoms with Gasteiger partial charge in [0, 0.05) is 0 Å². The predicted octanol–water partition coefficient (Wildman–Crippen LogP) is 2.29. The van der Waals surface area contributed by atoms with Crippen LogP contribution in [0.3, 0.4) is 0 Å². The first-order valence-electron chi connectivity index (χ1n) is 4.02. The van der Waals surface area contributed by atoms with E-state index in [9.17, 15) is 4.79 Å². The summed E-state index contributed by atoms with van der Waals surface area (Å²) in [5, 5.41) is 0. The summed E-state index contributed by atoms with van der Waals surface area (Å²) in [6, 6.07) is 0. The average molecular weight is 156 g/mol. The van der Waals surface area contributed by atoms with Crippen molar-refractivity contribution >= 4 is 6.47 Å². The van der Waals surface area contributed by atoms with Gasteiger partial charge >= 0.3 is 0 Å². The standard InChI is InChI=1S/C7H12O2.C2H4/c8-6-9-7-4-2-1-3-5-7;1-2/h6-7H,1-5H2;1-2H2. The number of carbonyl (C=O) groups is 1. The first-order chi connectivity index (χ1) is 5.43. The highest BCUT2D eigenvalue weighted by molar-refractivity contribution is 5.37. The van der Waals surface area contributed by atoms with Crippen LogP contribution in [0.25, 0.3) is 0 Å². The monoisotopic (exact) mass is 156 g/mol. The number of ether oxygens (including phenoxy) is 1. The Morgan fingerprint density at radius 2 is 1.73 bits per heavy atom.